The zero-order valence-corrected chi connectivity index (χ0v) is 13.6. The van der Waals surface area contributed by atoms with Crippen molar-refractivity contribution >= 4 is 10.0 Å². The van der Waals surface area contributed by atoms with Gasteiger partial charge in [-0.2, -0.15) is 0 Å². The fourth-order valence-electron chi connectivity index (χ4n) is 2.18. The highest BCUT2D eigenvalue weighted by Crippen LogP contribution is 2.24. The van der Waals surface area contributed by atoms with E-state index in [9.17, 15) is 8.42 Å². The van der Waals surface area contributed by atoms with E-state index in [1.54, 1.807) is 13.8 Å². The number of benzene rings is 1. The zero-order valence-electron chi connectivity index (χ0n) is 12.8. The van der Waals surface area contributed by atoms with Crippen molar-refractivity contribution in [3.05, 3.63) is 30.3 Å². The molecule has 0 amide bonds. The van der Waals surface area contributed by atoms with Crippen LogP contribution in [0.5, 0.6) is 5.75 Å². The number of methoxy groups -OCH3 is 1. The predicted molar refractivity (Wildman–Crippen MR) is 81.9 cm³/mol. The molecular weight excluding hydrogens is 290 g/mol. The molecule has 1 fully saturated rings. The number of hydrogen-bond donors (Lipinski definition) is 0. The van der Waals surface area contributed by atoms with Gasteiger partial charge in [0.2, 0.25) is 10.0 Å². The van der Waals surface area contributed by atoms with Gasteiger partial charge in [-0.1, -0.05) is 18.2 Å². The Balaban J connectivity index is 1.78. The topological polar surface area (TPSA) is 55.8 Å². The second-order valence-corrected chi connectivity index (χ2v) is 8.00. The van der Waals surface area contributed by atoms with E-state index in [0.717, 1.165) is 5.75 Å². The summed E-state index contributed by atoms with van der Waals surface area (Å²) in [5, 5.41) is 0. The first-order valence-electron chi connectivity index (χ1n) is 7.03. The summed E-state index contributed by atoms with van der Waals surface area (Å²) in [5.74, 6) is 1.08. The van der Waals surface area contributed by atoms with Gasteiger partial charge in [-0.15, -0.1) is 0 Å². The normalized spacial score (nSPS) is 17.5. The quantitative estimate of drug-likeness (QED) is 0.769. The Hall–Kier alpha value is -1.11. The standard InChI is InChI=1S/C15H23NO4S/c1-15(2,19-3)12-21(17,18)16-9-13(10-16)11-20-14-7-5-4-6-8-14/h4-8,13H,9-12H2,1-3H3. The summed E-state index contributed by atoms with van der Waals surface area (Å²) in [6.45, 7) is 5.15. The fraction of sp³-hybridized carbons (Fsp3) is 0.600. The molecule has 0 atom stereocenters. The van der Waals surface area contributed by atoms with Crippen LogP contribution in [0.3, 0.4) is 0 Å². The van der Waals surface area contributed by atoms with Crippen LogP contribution in [0, 0.1) is 5.92 Å². The fourth-order valence-corrected chi connectivity index (χ4v) is 4.23. The Kier molecular flexibility index (Phi) is 4.91. The van der Waals surface area contributed by atoms with E-state index >= 15 is 0 Å². The van der Waals surface area contributed by atoms with Crippen LogP contribution < -0.4 is 4.74 Å². The number of ether oxygens (including phenoxy) is 2. The van der Waals surface area contributed by atoms with Crippen LogP contribution in [0.1, 0.15) is 13.8 Å². The van der Waals surface area contributed by atoms with Gasteiger partial charge in [0.1, 0.15) is 5.75 Å². The molecule has 0 N–H and O–H groups in total. The maximum atomic E-state index is 12.2. The molecule has 1 aromatic carbocycles. The van der Waals surface area contributed by atoms with Gasteiger partial charge in [-0.3, -0.25) is 0 Å². The molecule has 1 heterocycles. The Morgan fingerprint density at radius 1 is 1.24 bits per heavy atom. The smallest absolute Gasteiger partial charge is 0.216 e. The van der Waals surface area contributed by atoms with Gasteiger partial charge in [-0.05, 0) is 26.0 Å². The molecule has 5 nitrogen and oxygen atoms in total. The SMILES string of the molecule is COC(C)(C)CS(=O)(=O)N1CC(COc2ccccc2)C1. The van der Waals surface area contributed by atoms with Gasteiger partial charge in [-0.25, -0.2) is 12.7 Å². The predicted octanol–water partition coefficient (Wildman–Crippen LogP) is 1.75. The first-order valence-corrected chi connectivity index (χ1v) is 8.64. The second-order valence-electron chi connectivity index (χ2n) is 6.03. The first kappa shape index (κ1) is 16.3. The molecule has 21 heavy (non-hydrogen) atoms. The van der Waals surface area contributed by atoms with Crippen LogP contribution in [0.15, 0.2) is 30.3 Å². The molecule has 0 bridgehead atoms. The summed E-state index contributed by atoms with van der Waals surface area (Å²) in [6, 6.07) is 9.56. The van der Waals surface area contributed by atoms with Crippen molar-refractivity contribution in [3.63, 3.8) is 0 Å². The lowest BCUT2D eigenvalue weighted by atomic mass is 10.1. The highest BCUT2D eigenvalue weighted by atomic mass is 32.2. The second kappa shape index (κ2) is 6.34. The number of rotatable bonds is 7. The molecule has 6 heteroatoms. The minimum Gasteiger partial charge on any atom is -0.493 e. The largest absolute Gasteiger partial charge is 0.493 e. The Bertz CT molecular complexity index is 550. The molecule has 1 aliphatic heterocycles. The Morgan fingerprint density at radius 2 is 1.86 bits per heavy atom. The molecular formula is C15H23NO4S. The monoisotopic (exact) mass is 313 g/mol. The average molecular weight is 313 g/mol. The zero-order chi connectivity index (χ0) is 15.5. The van der Waals surface area contributed by atoms with Crippen molar-refractivity contribution in [2.24, 2.45) is 5.92 Å². The number of sulfonamides is 1. The highest BCUT2D eigenvalue weighted by molar-refractivity contribution is 7.89. The Labute approximate surface area is 126 Å². The highest BCUT2D eigenvalue weighted by Gasteiger charge is 2.39. The van der Waals surface area contributed by atoms with Crippen molar-refractivity contribution < 1.29 is 17.9 Å². The summed E-state index contributed by atoms with van der Waals surface area (Å²) < 4.78 is 36.8. The van der Waals surface area contributed by atoms with Crippen molar-refractivity contribution in [2.45, 2.75) is 19.4 Å². The molecule has 0 unspecified atom stereocenters. The molecule has 0 aromatic heterocycles. The minimum absolute atomic E-state index is 0.00274. The lowest BCUT2D eigenvalue weighted by Gasteiger charge is -2.39. The number of hydrogen-bond acceptors (Lipinski definition) is 4. The van der Waals surface area contributed by atoms with Crippen LogP contribution in [0.2, 0.25) is 0 Å². The molecule has 118 valence electrons. The van der Waals surface area contributed by atoms with Crippen LogP contribution in [-0.2, 0) is 14.8 Å². The van der Waals surface area contributed by atoms with Gasteiger partial charge in [0, 0.05) is 26.1 Å². The van der Waals surface area contributed by atoms with E-state index < -0.39 is 15.6 Å². The first-order chi connectivity index (χ1) is 9.82. The maximum absolute atomic E-state index is 12.2. The summed E-state index contributed by atoms with van der Waals surface area (Å²) in [6.07, 6.45) is 0. The molecule has 0 aliphatic carbocycles. The average Bonchev–Trinajstić information content (AvgIpc) is 2.36. The lowest BCUT2D eigenvalue weighted by molar-refractivity contribution is 0.0400. The third-order valence-electron chi connectivity index (χ3n) is 3.63. The van der Waals surface area contributed by atoms with E-state index in [4.69, 9.17) is 9.47 Å². The van der Waals surface area contributed by atoms with Gasteiger partial charge in [0.15, 0.2) is 0 Å². The van der Waals surface area contributed by atoms with Crippen LogP contribution in [0.25, 0.3) is 0 Å². The van der Waals surface area contributed by atoms with E-state index in [0.29, 0.717) is 19.7 Å². The van der Waals surface area contributed by atoms with Gasteiger partial charge >= 0.3 is 0 Å². The van der Waals surface area contributed by atoms with Crippen molar-refractivity contribution in [1.29, 1.82) is 0 Å². The molecule has 1 aromatic rings. The third kappa shape index (κ3) is 4.43. The summed E-state index contributed by atoms with van der Waals surface area (Å²) >= 11 is 0. The van der Waals surface area contributed by atoms with E-state index in [1.807, 2.05) is 30.3 Å². The number of para-hydroxylation sites is 1. The van der Waals surface area contributed by atoms with Gasteiger partial charge in [0.05, 0.1) is 18.0 Å². The van der Waals surface area contributed by atoms with Crippen LogP contribution in [-0.4, -0.2) is 50.9 Å². The molecule has 0 spiro atoms. The van der Waals surface area contributed by atoms with Crippen LogP contribution in [0.4, 0.5) is 0 Å². The summed E-state index contributed by atoms with van der Waals surface area (Å²) in [4.78, 5) is 0. The summed E-state index contributed by atoms with van der Waals surface area (Å²) in [5.41, 5.74) is -0.662. The molecule has 1 saturated heterocycles. The van der Waals surface area contributed by atoms with Crippen molar-refractivity contribution in [1.82, 2.24) is 4.31 Å². The lowest BCUT2D eigenvalue weighted by Crippen LogP contribution is -2.54. The van der Waals surface area contributed by atoms with Gasteiger partial charge < -0.3 is 9.47 Å². The van der Waals surface area contributed by atoms with Gasteiger partial charge in [0.25, 0.3) is 0 Å². The van der Waals surface area contributed by atoms with E-state index in [1.165, 1.54) is 11.4 Å². The minimum atomic E-state index is -3.26. The molecule has 0 radical (unpaired) electrons. The Morgan fingerprint density at radius 3 is 2.43 bits per heavy atom. The molecule has 1 aliphatic rings. The summed E-state index contributed by atoms with van der Waals surface area (Å²) in [7, 11) is -1.73. The third-order valence-corrected chi connectivity index (χ3v) is 5.77. The molecule has 0 saturated carbocycles. The molecule has 2 rings (SSSR count). The number of nitrogens with zero attached hydrogens (tertiary/aromatic N) is 1. The van der Waals surface area contributed by atoms with E-state index in [2.05, 4.69) is 0 Å². The van der Waals surface area contributed by atoms with E-state index in [-0.39, 0.29) is 11.7 Å². The van der Waals surface area contributed by atoms with Crippen LogP contribution >= 0.6 is 0 Å². The van der Waals surface area contributed by atoms with Crippen molar-refractivity contribution in [3.8, 4) is 5.75 Å². The van der Waals surface area contributed by atoms with Crippen molar-refractivity contribution in [2.75, 3.05) is 32.6 Å². The maximum Gasteiger partial charge on any atom is 0.216 e.